The van der Waals surface area contributed by atoms with Gasteiger partial charge in [0.05, 0.1) is 17.2 Å². The molecule has 0 spiro atoms. The molecule has 2 amide bonds. The molecule has 1 N–H and O–H groups in total. The highest BCUT2D eigenvalue weighted by Crippen LogP contribution is 2.22. The largest absolute Gasteiger partial charge is 0.349 e. The van der Waals surface area contributed by atoms with E-state index < -0.39 is 6.04 Å². The Kier molecular flexibility index (Phi) is 6.09. The summed E-state index contributed by atoms with van der Waals surface area (Å²) in [5.74, 6) is 0.191. The molecule has 0 radical (unpaired) electrons. The van der Waals surface area contributed by atoms with Gasteiger partial charge in [0, 0.05) is 27.9 Å². The van der Waals surface area contributed by atoms with Crippen molar-refractivity contribution in [2.45, 2.75) is 45.2 Å². The molecule has 2 aromatic rings. The molecular formula is C19H22BrN3O2S. The van der Waals surface area contributed by atoms with Crippen LogP contribution in [0.25, 0.3) is 0 Å². The van der Waals surface area contributed by atoms with Crippen molar-refractivity contribution in [1.82, 2.24) is 15.2 Å². The maximum Gasteiger partial charge on any atom is 0.254 e. The quantitative estimate of drug-likeness (QED) is 0.772. The Morgan fingerprint density at radius 2 is 2.08 bits per heavy atom. The van der Waals surface area contributed by atoms with E-state index in [1.807, 2.05) is 17.5 Å². The highest BCUT2D eigenvalue weighted by atomic mass is 79.9. The average Bonchev–Trinajstić information content (AvgIpc) is 3.29. The van der Waals surface area contributed by atoms with Crippen molar-refractivity contribution >= 4 is 39.1 Å². The van der Waals surface area contributed by atoms with Crippen LogP contribution in [-0.4, -0.2) is 34.3 Å². The first kappa shape index (κ1) is 19.0. The molecule has 3 rings (SSSR count). The minimum atomic E-state index is -0.408. The van der Waals surface area contributed by atoms with E-state index in [0.717, 1.165) is 21.6 Å². The van der Waals surface area contributed by atoms with Crippen LogP contribution < -0.4 is 5.32 Å². The minimum absolute atomic E-state index is 0.0918. The van der Waals surface area contributed by atoms with Gasteiger partial charge in [-0.3, -0.25) is 9.59 Å². The fourth-order valence-electron chi connectivity index (χ4n) is 3.01. The predicted molar refractivity (Wildman–Crippen MR) is 106 cm³/mol. The van der Waals surface area contributed by atoms with Gasteiger partial charge in [-0.2, -0.15) is 0 Å². The molecule has 0 aliphatic carbocycles. The van der Waals surface area contributed by atoms with Gasteiger partial charge in [-0.1, -0.05) is 29.8 Å². The van der Waals surface area contributed by atoms with E-state index in [2.05, 4.69) is 40.1 Å². The summed E-state index contributed by atoms with van der Waals surface area (Å²) in [7, 11) is 0. The molecule has 2 heterocycles. The van der Waals surface area contributed by atoms with Crippen molar-refractivity contribution < 1.29 is 9.59 Å². The van der Waals surface area contributed by atoms with Crippen LogP contribution in [0.2, 0.25) is 0 Å². The maximum atomic E-state index is 12.7. The summed E-state index contributed by atoms with van der Waals surface area (Å²) in [6, 6.07) is 6.83. The van der Waals surface area contributed by atoms with Crippen LogP contribution in [0, 0.1) is 0 Å². The SMILES string of the molecule is CC(C)c1nc(CNC(=O)C2CCCN2C(=O)c2ccc(Br)cc2)cs1. The van der Waals surface area contributed by atoms with Gasteiger partial charge in [0.1, 0.15) is 6.04 Å². The number of amides is 2. The lowest BCUT2D eigenvalue weighted by Gasteiger charge is -2.24. The van der Waals surface area contributed by atoms with Crippen LogP contribution in [0.15, 0.2) is 34.1 Å². The first-order valence-electron chi connectivity index (χ1n) is 8.74. The number of carbonyl (C=O) groups excluding carboxylic acids is 2. The summed E-state index contributed by atoms with van der Waals surface area (Å²) in [5.41, 5.74) is 1.48. The van der Waals surface area contributed by atoms with E-state index in [1.165, 1.54) is 0 Å². The van der Waals surface area contributed by atoms with Crippen LogP contribution in [0.5, 0.6) is 0 Å². The summed E-state index contributed by atoms with van der Waals surface area (Å²) in [4.78, 5) is 31.6. The normalized spacial score (nSPS) is 16.9. The Balaban J connectivity index is 1.62. The third-order valence-corrected chi connectivity index (χ3v) is 6.14. The van der Waals surface area contributed by atoms with E-state index >= 15 is 0 Å². The summed E-state index contributed by atoms with van der Waals surface area (Å²) >= 11 is 4.99. The summed E-state index contributed by atoms with van der Waals surface area (Å²) in [6.45, 7) is 5.22. The number of nitrogens with one attached hydrogen (secondary N) is 1. The second kappa shape index (κ2) is 8.31. The van der Waals surface area contributed by atoms with Crippen LogP contribution >= 0.6 is 27.3 Å². The lowest BCUT2D eigenvalue weighted by molar-refractivity contribution is -0.125. The second-order valence-electron chi connectivity index (χ2n) is 6.71. The number of rotatable bonds is 5. The molecule has 0 bridgehead atoms. The van der Waals surface area contributed by atoms with E-state index in [0.29, 0.717) is 31.0 Å². The first-order valence-corrected chi connectivity index (χ1v) is 10.4. The molecule has 7 heteroatoms. The molecule has 26 heavy (non-hydrogen) atoms. The Bertz CT molecular complexity index is 788. The summed E-state index contributed by atoms with van der Waals surface area (Å²) < 4.78 is 0.925. The third kappa shape index (κ3) is 4.32. The summed E-state index contributed by atoms with van der Waals surface area (Å²) in [5, 5.41) is 6.00. The molecule has 1 aromatic heterocycles. The predicted octanol–water partition coefficient (Wildman–Crippen LogP) is 3.95. The molecule has 1 fully saturated rings. The topological polar surface area (TPSA) is 62.3 Å². The van der Waals surface area contributed by atoms with Crippen molar-refractivity contribution in [1.29, 1.82) is 0 Å². The Labute approximate surface area is 165 Å². The highest BCUT2D eigenvalue weighted by Gasteiger charge is 2.34. The van der Waals surface area contributed by atoms with Gasteiger partial charge in [-0.15, -0.1) is 11.3 Å². The zero-order valence-corrected chi connectivity index (χ0v) is 17.3. The number of halogens is 1. The van der Waals surface area contributed by atoms with E-state index in [1.54, 1.807) is 28.4 Å². The van der Waals surface area contributed by atoms with Crippen molar-refractivity contribution in [3.63, 3.8) is 0 Å². The number of hydrogen-bond acceptors (Lipinski definition) is 4. The van der Waals surface area contributed by atoms with Gasteiger partial charge in [-0.05, 0) is 37.1 Å². The van der Waals surface area contributed by atoms with E-state index in [4.69, 9.17) is 0 Å². The maximum absolute atomic E-state index is 12.7. The van der Waals surface area contributed by atoms with E-state index in [-0.39, 0.29) is 11.8 Å². The number of likely N-dealkylation sites (tertiary alicyclic amines) is 1. The lowest BCUT2D eigenvalue weighted by atomic mass is 10.1. The lowest BCUT2D eigenvalue weighted by Crippen LogP contribution is -2.45. The molecule has 138 valence electrons. The monoisotopic (exact) mass is 435 g/mol. The zero-order chi connectivity index (χ0) is 18.7. The second-order valence-corrected chi connectivity index (χ2v) is 8.52. The standard InChI is InChI=1S/C19H22BrN3O2S/c1-12(2)18-22-15(11-26-18)10-21-17(24)16-4-3-9-23(16)19(25)13-5-7-14(20)8-6-13/h5-8,11-12,16H,3-4,9-10H2,1-2H3,(H,21,24). The Hall–Kier alpha value is -1.73. The van der Waals surface area contributed by atoms with Crippen molar-refractivity contribution in [2.24, 2.45) is 0 Å². The fourth-order valence-corrected chi connectivity index (χ4v) is 4.10. The van der Waals surface area contributed by atoms with E-state index in [9.17, 15) is 9.59 Å². The van der Waals surface area contributed by atoms with Crippen molar-refractivity contribution in [3.8, 4) is 0 Å². The molecule has 1 unspecified atom stereocenters. The third-order valence-electron chi connectivity index (χ3n) is 4.41. The molecule has 1 aliphatic rings. The van der Waals surface area contributed by atoms with Gasteiger partial charge < -0.3 is 10.2 Å². The number of carbonyl (C=O) groups is 2. The Morgan fingerprint density at radius 3 is 2.73 bits per heavy atom. The number of thiazole rings is 1. The van der Waals surface area contributed by atoms with Gasteiger partial charge in [0.25, 0.3) is 5.91 Å². The van der Waals surface area contributed by atoms with Crippen LogP contribution in [-0.2, 0) is 11.3 Å². The smallest absolute Gasteiger partial charge is 0.254 e. The van der Waals surface area contributed by atoms with Crippen LogP contribution in [0.1, 0.15) is 53.7 Å². The highest BCUT2D eigenvalue weighted by molar-refractivity contribution is 9.10. The molecule has 1 atom stereocenters. The number of benzene rings is 1. The van der Waals surface area contributed by atoms with Gasteiger partial charge in [0.15, 0.2) is 0 Å². The Morgan fingerprint density at radius 1 is 1.35 bits per heavy atom. The van der Waals surface area contributed by atoms with Gasteiger partial charge in [-0.25, -0.2) is 4.98 Å². The van der Waals surface area contributed by atoms with Crippen LogP contribution in [0.3, 0.4) is 0 Å². The number of nitrogens with zero attached hydrogens (tertiary/aromatic N) is 2. The average molecular weight is 436 g/mol. The first-order chi connectivity index (χ1) is 12.5. The summed E-state index contributed by atoms with van der Waals surface area (Å²) in [6.07, 6.45) is 1.54. The molecule has 0 saturated carbocycles. The minimum Gasteiger partial charge on any atom is -0.349 e. The molecule has 1 aliphatic heterocycles. The van der Waals surface area contributed by atoms with Crippen molar-refractivity contribution in [3.05, 3.63) is 50.4 Å². The molecular weight excluding hydrogens is 414 g/mol. The van der Waals surface area contributed by atoms with Crippen LogP contribution in [0.4, 0.5) is 0 Å². The van der Waals surface area contributed by atoms with Crippen molar-refractivity contribution in [2.75, 3.05) is 6.54 Å². The fraction of sp³-hybridized carbons (Fsp3) is 0.421. The molecule has 1 aromatic carbocycles. The number of hydrogen-bond donors (Lipinski definition) is 1. The van der Waals surface area contributed by atoms with Gasteiger partial charge in [0.2, 0.25) is 5.91 Å². The molecule has 5 nitrogen and oxygen atoms in total. The zero-order valence-electron chi connectivity index (χ0n) is 14.9. The van der Waals surface area contributed by atoms with Gasteiger partial charge >= 0.3 is 0 Å². The number of aromatic nitrogens is 1. The molecule has 1 saturated heterocycles.